The van der Waals surface area contributed by atoms with Crippen molar-refractivity contribution in [2.75, 3.05) is 18.9 Å². The zero-order valence-electron chi connectivity index (χ0n) is 16.4. The summed E-state index contributed by atoms with van der Waals surface area (Å²) in [5, 5.41) is 13.8. The van der Waals surface area contributed by atoms with Crippen LogP contribution in [0.5, 0.6) is 5.75 Å². The fraction of sp³-hybridized carbons (Fsp3) is 0.400. The molecular weight excluding hydrogens is 386 g/mol. The number of nitrogen functional groups attached to an aromatic ring is 1. The van der Waals surface area contributed by atoms with Gasteiger partial charge >= 0.3 is 0 Å². The monoisotopic (exact) mass is 411 g/mol. The van der Waals surface area contributed by atoms with Gasteiger partial charge in [0.25, 0.3) is 5.91 Å². The van der Waals surface area contributed by atoms with Crippen molar-refractivity contribution in [3.8, 4) is 5.75 Å². The molecule has 1 aliphatic carbocycles. The van der Waals surface area contributed by atoms with Gasteiger partial charge < -0.3 is 31.2 Å². The number of fused-ring (bicyclic) bond motifs is 1. The van der Waals surface area contributed by atoms with Gasteiger partial charge in [-0.05, 0) is 44.0 Å². The summed E-state index contributed by atoms with van der Waals surface area (Å²) in [6.45, 7) is 1.04. The first-order chi connectivity index (χ1) is 14.6. The van der Waals surface area contributed by atoms with Gasteiger partial charge in [0.2, 0.25) is 0 Å². The Labute approximate surface area is 173 Å². The van der Waals surface area contributed by atoms with E-state index in [0.29, 0.717) is 54.3 Å². The summed E-state index contributed by atoms with van der Waals surface area (Å²) in [6.07, 6.45) is 4.24. The molecule has 158 valence electrons. The van der Waals surface area contributed by atoms with Crippen LogP contribution in [0.1, 0.15) is 35.7 Å². The maximum Gasteiger partial charge on any atom is 0.251 e. The Kier molecular flexibility index (Phi) is 5.77. The molecule has 1 amide bonds. The molecular formula is C20H25N7O3. The highest BCUT2D eigenvalue weighted by atomic mass is 16.5. The molecule has 0 aliphatic heterocycles. The van der Waals surface area contributed by atoms with E-state index in [2.05, 4.69) is 20.3 Å². The van der Waals surface area contributed by atoms with Crippen LogP contribution in [0.4, 0.5) is 5.82 Å². The summed E-state index contributed by atoms with van der Waals surface area (Å²) in [7, 11) is 0. The Balaban J connectivity index is 1.44. The van der Waals surface area contributed by atoms with Crippen molar-refractivity contribution >= 4 is 22.9 Å². The number of aliphatic hydroxyl groups is 1. The Morgan fingerprint density at radius 1 is 1.30 bits per heavy atom. The lowest BCUT2D eigenvalue weighted by molar-refractivity contribution is 0.0816. The second-order valence-electron chi connectivity index (χ2n) is 7.32. The van der Waals surface area contributed by atoms with Crippen LogP contribution in [0, 0.1) is 0 Å². The predicted molar refractivity (Wildman–Crippen MR) is 111 cm³/mol. The van der Waals surface area contributed by atoms with Crippen LogP contribution in [-0.2, 0) is 0 Å². The largest absolute Gasteiger partial charge is 0.494 e. The number of benzene rings is 1. The number of carbonyl (C=O) groups excluding carboxylic acids is 1. The van der Waals surface area contributed by atoms with E-state index in [1.807, 2.05) is 0 Å². The number of anilines is 1. The molecule has 1 aliphatic rings. The number of imidazole rings is 1. The molecule has 10 nitrogen and oxygen atoms in total. The van der Waals surface area contributed by atoms with Crippen LogP contribution in [0.25, 0.3) is 11.2 Å². The number of nitrogens with zero attached hydrogens (tertiary/aromatic N) is 4. The first kappa shape index (κ1) is 20.0. The minimum absolute atomic E-state index is 0.258. The van der Waals surface area contributed by atoms with Crippen LogP contribution in [0.3, 0.4) is 0 Å². The summed E-state index contributed by atoms with van der Waals surface area (Å²) in [5.74, 6) is 0.652. The molecule has 1 saturated carbocycles. The van der Waals surface area contributed by atoms with E-state index in [-0.39, 0.29) is 18.0 Å². The van der Waals surface area contributed by atoms with Gasteiger partial charge in [0.15, 0.2) is 11.5 Å². The third kappa shape index (κ3) is 3.91. The number of carbonyl (C=O) groups is 1. The van der Waals surface area contributed by atoms with E-state index < -0.39 is 6.10 Å². The molecule has 0 spiro atoms. The number of amides is 1. The molecule has 3 atom stereocenters. The van der Waals surface area contributed by atoms with Gasteiger partial charge in [-0.2, -0.15) is 0 Å². The van der Waals surface area contributed by atoms with Crippen molar-refractivity contribution in [2.45, 2.75) is 37.5 Å². The quantitative estimate of drug-likeness (QED) is 0.413. The van der Waals surface area contributed by atoms with E-state index in [1.165, 1.54) is 6.33 Å². The Hall–Kier alpha value is -3.24. The van der Waals surface area contributed by atoms with Gasteiger partial charge in [0.1, 0.15) is 17.6 Å². The molecule has 3 aromatic rings. The first-order valence-corrected chi connectivity index (χ1v) is 9.93. The second-order valence-corrected chi connectivity index (χ2v) is 7.32. The van der Waals surface area contributed by atoms with Crippen molar-refractivity contribution in [1.29, 1.82) is 0 Å². The molecule has 1 aromatic carbocycles. The molecule has 0 unspecified atom stereocenters. The van der Waals surface area contributed by atoms with Crippen molar-refractivity contribution < 1.29 is 14.6 Å². The van der Waals surface area contributed by atoms with Crippen LogP contribution >= 0.6 is 0 Å². The average Bonchev–Trinajstić information content (AvgIpc) is 3.33. The molecule has 0 bridgehead atoms. The van der Waals surface area contributed by atoms with Gasteiger partial charge in [0.05, 0.1) is 31.1 Å². The van der Waals surface area contributed by atoms with Crippen molar-refractivity contribution in [3.63, 3.8) is 0 Å². The zero-order chi connectivity index (χ0) is 21.1. The predicted octanol–water partition coefficient (Wildman–Crippen LogP) is 0.631. The summed E-state index contributed by atoms with van der Waals surface area (Å²) >= 11 is 0. The van der Waals surface area contributed by atoms with Crippen LogP contribution in [0.15, 0.2) is 36.9 Å². The topological polar surface area (TPSA) is 154 Å². The molecule has 2 aromatic heterocycles. The van der Waals surface area contributed by atoms with Gasteiger partial charge in [-0.3, -0.25) is 4.79 Å². The number of rotatable bonds is 7. The summed E-state index contributed by atoms with van der Waals surface area (Å²) in [6, 6.07) is 6.32. The Bertz CT molecular complexity index is 1040. The van der Waals surface area contributed by atoms with Crippen LogP contribution in [0.2, 0.25) is 0 Å². The molecule has 1 fully saturated rings. The highest BCUT2D eigenvalue weighted by Crippen LogP contribution is 2.33. The first-order valence-electron chi connectivity index (χ1n) is 9.93. The lowest BCUT2D eigenvalue weighted by Gasteiger charge is -2.22. The summed E-state index contributed by atoms with van der Waals surface area (Å²) in [5.41, 5.74) is 12.9. The normalized spacial score (nSPS) is 21.1. The zero-order valence-corrected chi connectivity index (χ0v) is 16.4. The highest BCUT2D eigenvalue weighted by Gasteiger charge is 2.37. The number of nitrogens with one attached hydrogen (secondary N) is 1. The number of ether oxygens (including phenoxy) is 1. The number of hydrogen-bond donors (Lipinski definition) is 4. The third-order valence-corrected chi connectivity index (χ3v) is 5.35. The van der Waals surface area contributed by atoms with Gasteiger partial charge in [0, 0.05) is 5.56 Å². The number of aliphatic hydroxyl groups excluding tert-OH is 1. The lowest BCUT2D eigenvalue weighted by Crippen LogP contribution is -2.42. The van der Waals surface area contributed by atoms with Gasteiger partial charge in [-0.15, -0.1) is 0 Å². The second kappa shape index (κ2) is 8.64. The molecule has 6 N–H and O–H groups in total. The van der Waals surface area contributed by atoms with E-state index in [4.69, 9.17) is 16.2 Å². The number of hydrogen-bond acceptors (Lipinski definition) is 8. The van der Waals surface area contributed by atoms with Gasteiger partial charge in [-0.25, -0.2) is 15.0 Å². The minimum Gasteiger partial charge on any atom is -0.494 e. The molecule has 30 heavy (non-hydrogen) atoms. The van der Waals surface area contributed by atoms with E-state index in [9.17, 15) is 9.90 Å². The SMILES string of the molecule is NCCCOc1cccc(C(=O)N[C@H]2CC[C@H](n3cnc4c(N)ncnc43)[C@H]2O)c1. The Morgan fingerprint density at radius 2 is 2.17 bits per heavy atom. The fourth-order valence-corrected chi connectivity index (χ4v) is 3.79. The summed E-state index contributed by atoms with van der Waals surface area (Å²) < 4.78 is 7.40. The van der Waals surface area contributed by atoms with E-state index in [1.54, 1.807) is 35.2 Å². The molecule has 0 saturated heterocycles. The minimum atomic E-state index is -0.786. The maximum atomic E-state index is 12.7. The van der Waals surface area contributed by atoms with Gasteiger partial charge in [-0.1, -0.05) is 6.07 Å². The smallest absolute Gasteiger partial charge is 0.251 e. The highest BCUT2D eigenvalue weighted by molar-refractivity contribution is 5.94. The van der Waals surface area contributed by atoms with Crippen molar-refractivity contribution in [2.24, 2.45) is 5.73 Å². The standard InChI is InChI=1S/C20H25N7O3/c21-7-2-8-30-13-4-1-3-12(9-13)20(29)26-14-5-6-15(17(14)28)27-11-25-16-18(22)23-10-24-19(16)27/h1,3-4,9-11,14-15,17,28H,2,5-8,21H2,(H,26,29)(H2,22,23,24)/t14-,15-,17-/m0/s1. The van der Waals surface area contributed by atoms with Crippen molar-refractivity contribution in [3.05, 3.63) is 42.5 Å². The van der Waals surface area contributed by atoms with E-state index in [0.717, 1.165) is 6.42 Å². The molecule has 2 heterocycles. The number of aromatic nitrogens is 4. The van der Waals surface area contributed by atoms with Crippen molar-refractivity contribution in [1.82, 2.24) is 24.8 Å². The van der Waals surface area contributed by atoms with E-state index >= 15 is 0 Å². The van der Waals surface area contributed by atoms with Crippen LogP contribution < -0.4 is 21.5 Å². The maximum absolute atomic E-state index is 12.7. The third-order valence-electron chi connectivity index (χ3n) is 5.35. The number of nitrogens with two attached hydrogens (primary N) is 2. The lowest BCUT2D eigenvalue weighted by atomic mass is 10.1. The molecule has 0 radical (unpaired) electrons. The summed E-state index contributed by atoms with van der Waals surface area (Å²) in [4.78, 5) is 25.2. The molecule has 4 rings (SSSR count). The average molecular weight is 411 g/mol. The fourth-order valence-electron chi connectivity index (χ4n) is 3.79. The Morgan fingerprint density at radius 3 is 3.00 bits per heavy atom. The van der Waals surface area contributed by atoms with Crippen LogP contribution in [-0.4, -0.2) is 55.8 Å². The molecule has 10 heteroatoms.